The molecule has 3 aromatic rings. The van der Waals surface area contributed by atoms with Gasteiger partial charge in [0.05, 0.1) is 6.54 Å². The molecule has 0 unspecified atom stereocenters. The maximum atomic E-state index is 14.0. The number of nitrogens with one attached hydrogen (secondary N) is 1. The van der Waals surface area contributed by atoms with Gasteiger partial charge in [-0.25, -0.2) is 15.9 Å². The molecule has 0 saturated carbocycles. The van der Waals surface area contributed by atoms with Gasteiger partial charge in [0.1, 0.15) is 5.65 Å². The predicted octanol–water partition coefficient (Wildman–Crippen LogP) is 1.95. The first-order valence-corrected chi connectivity index (χ1v) is 7.68. The summed E-state index contributed by atoms with van der Waals surface area (Å²) >= 11 is 0. The lowest BCUT2D eigenvalue weighted by atomic mass is 10.1. The van der Waals surface area contributed by atoms with Crippen molar-refractivity contribution in [2.75, 3.05) is 6.54 Å². The number of hydrogen-bond acceptors (Lipinski definition) is 3. The van der Waals surface area contributed by atoms with Crippen LogP contribution in [0.25, 0.3) is 33.1 Å². The minimum absolute atomic E-state index is 0.0833. The van der Waals surface area contributed by atoms with Gasteiger partial charge < -0.3 is 20.1 Å². The highest BCUT2D eigenvalue weighted by Crippen LogP contribution is 2.25. The third-order valence-corrected chi connectivity index (χ3v) is 3.82. The second-order valence-electron chi connectivity index (χ2n) is 5.56. The molecule has 1 amide bonds. The number of fused-ring (bicyclic) bond motifs is 1. The molecule has 3 aromatic heterocycles. The van der Waals surface area contributed by atoms with Crippen LogP contribution in [0.2, 0.25) is 0 Å². The molecule has 26 heavy (non-hydrogen) atoms. The van der Waals surface area contributed by atoms with Crippen LogP contribution in [-0.2, 0) is 11.3 Å². The molecule has 3 rings (SSSR count). The maximum Gasteiger partial charge on any atom is 0.286 e. The number of halogens is 1. The molecule has 7 nitrogen and oxygen atoms in total. The second-order valence-corrected chi connectivity index (χ2v) is 5.56. The number of hydrogen-bond donors (Lipinski definition) is 2. The maximum absolute atomic E-state index is 14.0. The van der Waals surface area contributed by atoms with E-state index in [1.165, 1.54) is 16.8 Å². The first-order chi connectivity index (χ1) is 12.5. The minimum atomic E-state index is -0.893. The average molecular weight is 351 g/mol. The van der Waals surface area contributed by atoms with Crippen molar-refractivity contribution in [1.82, 2.24) is 14.5 Å². The molecule has 0 radical (unpaired) electrons. The Hall–Kier alpha value is -3.73. The van der Waals surface area contributed by atoms with Crippen LogP contribution in [0.1, 0.15) is 5.56 Å². The standard InChI is InChI=1S/C18H14FN5O2/c1-21-4-5-24-10-13(7-15(19)18(24)26)12-6-14-11(2-3-16(20)25)8-22-17(14)23-9-12/h2-3,6-10H,4-5H2,(H2,20,25)(H,22,23)/b3-2+. The average Bonchev–Trinajstić information content (AvgIpc) is 3.03. The Morgan fingerprint density at radius 3 is 2.96 bits per heavy atom. The highest BCUT2D eigenvalue weighted by atomic mass is 19.1. The molecule has 0 bridgehead atoms. The van der Waals surface area contributed by atoms with E-state index in [1.54, 1.807) is 24.5 Å². The van der Waals surface area contributed by atoms with E-state index in [9.17, 15) is 14.0 Å². The molecule has 0 fully saturated rings. The zero-order valence-electron chi connectivity index (χ0n) is 13.6. The van der Waals surface area contributed by atoms with Crippen LogP contribution in [-0.4, -0.2) is 27.0 Å². The van der Waals surface area contributed by atoms with E-state index in [1.807, 2.05) is 0 Å². The van der Waals surface area contributed by atoms with Crippen molar-refractivity contribution in [3.05, 3.63) is 70.0 Å². The quantitative estimate of drug-likeness (QED) is 0.543. The highest BCUT2D eigenvalue weighted by Gasteiger charge is 2.11. The Kier molecular flexibility index (Phi) is 4.62. The smallest absolute Gasteiger partial charge is 0.286 e. The molecule has 3 N–H and O–H groups in total. The molecule has 0 aromatic carbocycles. The van der Waals surface area contributed by atoms with Gasteiger partial charge in [0.25, 0.3) is 5.56 Å². The number of nitrogens with two attached hydrogens (primary N) is 1. The molecule has 8 heteroatoms. The summed E-state index contributed by atoms with van der Waals surface area (Å²) in [6, 6.07) is 2.92. The topological polar surface area (TPSA) is 98.1 Å². The summed E-state index contributed by atoms with van der Waals surface area (Å²) in [7, 11) is 0. The van der Waals surface area contributed by atoms with Gasteiger partial charge in [-0.3, -0.25) is 9.59 Å². The molecule has 3 heterocycles. The number of aromatic amines is 1. The van der Waals surface area contributed by atoms with Gasteiger partial charge in [0, 0.05) is 46.7 Å². The summed E-state index contributed by atoms with van der Waals surface area (Å²) in [6.07, 6.45) is 7.53. The van der Waals surface area contributed by atoms with Crippen molar-refractivity contribution in [1.29, 1.82) is 0 Å². The van der Waals surface area contributed by atoms with Gasteiger partial charge in [-0.05, 0) is 18.2 Å². The molecule has 0 saturated heterocycles. The van der Waals surface area contributed by atoms with Crippen LogP contribution in [0.3, 0.4) is 0 Å². The lowest BCUT2D eigenvalue weighted by Crippen LogP contribution is -2.23. The molecule has 0 atom stereocenters. The van der Waals surface area contributed by atoms with Gasteiger partial charge >= 0.3 is 0 Å². The summed E-state index contributed by atoms with van der Waals surface area (Å²) in [5.74, 6) is -1.46. The number of carbonyl (C=O) groups excluding carboxylic acids is 1. The van der Waals surface area contributed by atoms with Crippen molar-refractivity contribution in [3.8, 4) is 11.1 Å². The number of H-pyrrole nitrogens is 1. The number of carbonyl (C=O) groups is 1. The highest BCUT2D eigenvalue weighted by molar-refractivity contribution is 5.95. The van der Waals surface area contributed by atoms with Crippen LogP contribution in [0.4, 0.5) is 4.39 Å². The number of amides is 1. The van der Waals surface area contributed by atoms with Crippen molar-refractivity contribution < 1.29 is 9.18 Å². The Balaban J connectivity index is 2.09. The summed E-state index contributed by atoms with van der Waals surface area (Å²) in [5.41, 5.74) is 6.71. The Morgan fingerprint density at radius 2 is 2.23 bits per heavy atom. The summed E-state index contributed by atoms with van der Waals surface area (Å²) < 4.78 is 15.2. The van der Waals surface area contributed by atoms with Gasteiger partial charge in [0.2, 0.25) is 12.5 Å². The zero-order chi connectivity index (χ0) is 18.7. The minimum Gasteiger partial charge on any atom is -0.366 e. The largest absolute Gasteiger partial charge is 0.366 e. The first-order valence-electron chi connectivity index (χ1n) is 7.68. The van der Waals surface area contributed by atoms with Crippen LogP contribution in [0.15, 0.2) is 41.6 Å². The number of aromatic nitrogens is 3. The van der Waals surface area contributed by atoms with Crippen LogP contribution in [0.5, 0.6) is 0 Å². The summed E-state index contributed by atoms with van der Waals surface area (Å²) in [5, 5.41) is 0.722. The van der Waals surface area contributed by atoms with Gasteiger partial charge in [-0.15, -0.1) is 0 Å². The Bertz CT molecular complexity index is 1120. The van der Waals surface area contributed by atoms with Crippen LogP contribution < -0.4 is 11.3 Å². The molecule has 0 aliphatic rings. The Labute approximate surface area is 147 Å². The van der Waals surface area contributed by atoms with E-state index in [-0.39, 0.29) is 13.1 Å². The fraction of sp³-hybridized carbons (Fsp3) is 0.111. The molecule has 130 valence electrons. The van der Waals surface area contributed by atoms with E-state index in [2.05, 4.69) is 14.8 Å². The van der Waals surface area contributed by atoms with E-state index in [0.717, 1.165) is 11.5 Å². The SMILES string of the molecule is [C-]#[N+]CCn1cc(-c2cnc3[nH]cc(/C=C/C(N)=O)c3c2)cc(F)c1=O. The zero-order valence-corrected chi connectivity index (χ0v) is 13.6. The first kappa shape index (κ1) is 17.1. The number of pyridine rings is 2. The van der Waals surface area contributed by atoms with E-state index >= 15 is 0 Å². The molecule has 0 spiro atoms. The van der Waals surface area contributed by atoms with Crippen molar-refractivity contribution >= 4 is 23.0 Å². The van der Waals surface area contributed by atoms with Crippen molar-refractivity contribution in [2.45, 2.75) is 6.54 Å². The molecular weight excluding hydrogens is 337 g/mol. The second kappa shape index (κ2) is 7.03. The van der Waals surface area contributed by atoms with Crippen molar-refractivity contribution in [3.63, 3.8) is 0 Å². The summed E-state index contributed by atoms with van der Waals surface area (Å²) in [4.78, 5) is 33.2. The van der Waals surface area contributed by atoms with Crippen LogP contribution >= 0.6 is 0 Å². The lowest BCUT2D eigenvalue weighted by molar-refractivity contribution is -0.113. The predicted molar refractivity (Wildman–Crippen MR) is 95.4 cm³/mol. The van der Waals surface area contributed by atoms with Gasteiger partial charge in [-0.1, -0.05) is 0 Å². The molecule has 0 aliphatic carbocycles. The van der Waals surface area contributed by atoms with E-state index in [4.69, 9.17) is 12.3 Å². The van der Waals surface area contributed by atoms with E-state index in [0.29, 0.717) is 22.3 Å². The Morgan fingerprint density at radius 1 is 1.42 bits per heavy atom. The van der Waals surface area contributed by atoms with Crippen LogP contribution in [0, 0.1) is 12.4 Å². The fourth-order valence-corrected chi connectivity index (χ4v) is 2.57. The van der Waals surface area contributed by atoms with Crippen molar-refractivity contribution in [2.24, 2.45) is 5.73 Å². The molecular formula is C18H14FN5O2. The normalized spacial score (nSPS) is 11.1. The fourth-order valence-electron chi connectivity index (χ4n) is 2.57. The third-order valence-electron chi connectivity index (χ3n) is 3.82. The number of rotatable bonds is 5. The van der Waals surface area contributed by atoms with E-state index < -0.39 is 17.3 Å². The number of primary amides is 1. The van der Waals surface area contributed by atoms with Gasteiger partial charge in [-0.2, -0.15) is 0 Å². The third kappa shape index (κ3) is 3.37. The van der Waals surface area contributed by atoms with Gasteiger partial charge in [0.15, 0.2) is 5.82 Å². The lowest BCUT2D eigenvalue weighted by Gasteiger charge is -2.07. The summed E-state index contributed by atoms with van der Waals surface area (Å²) in [6.45, 7) is 7.02. The number of nitrogens with zero attached hydrogens (tertiary/aromatic N) is 3. The monoisotopic (exact) mass is 351 g/mol. The molecule has 0 aliphatic heterocycles.